The molecule has 2 N–H and O–H groups in total. The SMILES string of the molecule is CNCC(C)CNS(=O)(=O)CCOC. The molecule has 86 valence electrons. The highest BCUT2D eigenvalue weighted by atomic mass is 32.2. The van der Waals surface area contributed by atoms with Gasteiger partial charge in [-0.3, -0.25) is 0 Å². The van der Waals surface area contributed by atoms with E-state index in [2.05, 4.69) is 10.0 Å². The van der Waals surface area contributed by atoms with Gasteiger partial charge in [0.15, 0.2) is 0 Å². The highest BCUT2D eigenvalue weighted by Crippen LogP contribution is 1.92. The Morgan fingerprint density at radius 1 is 1.36 bits per heavy atom. The van der Waals surface area contributed by atoms with Crippen LogP contribution in [0.15, 0.2) is 0 Å². The molecular weight excluding hydrogens is 204 g/mol. The van der Waals surface area contributed by atoms with Gasteiger partial charge in [0.25, 0.3) is 0 Å². The van der Waals surface area contributed by atoms with Crippen LogP contribution < -0.4 is 10.0 Å². The van der Waals surface area contributed by atoms with Crippen LogP contribution in [0.3, 0.4) is 0 Å². The van der Waals surface area contributed by atoms with E-state index in [1.165, 1.54) is 7.11 Å². The first-order valence-electron chi connectivity index (χ1n) is 4.62. The second-order valence-electron chi connectivity index (χ2n) is 3.32. The van der Waals surface area contributed by atoms with Crippen molar-refractivity contribution >= 4 is 10.0 Å². The molecule has 0 saturated carbocycles. The number of rotatable bonds is 8. The maximum absolute atomic E-state index is 11.3. The zero-order valence-corrected chi connectivity index (χ0v) is 9.86. The Hall–Kier alpha value is -0.170. The molecule has 0 saturated heterocycles. The number of ether oxygens (including phenoxy) is 1. The fourth-order valence-corrected chi connectivity index (χ4v) is 2.02. The molecule has 0 rings (SSSR count). The first-order chi connectivity index (χ1) is 6.52. The van der Waals surface area contributed by atoms with Crippen molar-refractivity contribution in [1.82, 2.24) is 10.0 Å². The van der Waals surface area contributed by atoms with Crippen molar-refractivity contribution in [3.8, 4) is 0 Å². The predicted octanol–water partition coefficient (Wildman–Crippen LogP) is -0.592. The van der Waals surface area contributed by atoms with Gasteiger partial charge in [-0.2, -0.15) is 0 Å². The van der Waals surface area contributed by atoms with Gasteiger partial charge >= 0.3 is 0 Å². The molecule has 0 bridgehead atoms. The van der Waals surface area contributed by atoms with Crippen LogP contribution in [0, 0.1) is 5.92 Å². The van der Waals surface area contributed by atoms with E-state index in [-0.39, 0.29) is 18.3 Å². The average Bonchev–Trinajstić information content (AvgIpc) is 2.13. The summed E-state index contributed by atoms with van der Waals surface area (Å²) < 4.78 is 29.8. The average molecular weight is 224 g/mol. The Morgan fingerprint density at radius 2 is 2.00 bits per heavy atom. The minimum absolute atomic E-state index is 0.0236. The van der Waals surface area contributed by atoms with E-state index in [0.717, 1.165) is 6.54 Å². The maximum atomic E-state index is 11.3. The standard InChI is InChI=1S/C8H20N2O3S/c1-8(6-9-2)7-10-14(11,12)5-4-13-3/h8-10H,4-7H2,1-3H3. The van der Waals surface area contributed by atoms with E-state index in [4.69, 9.17) is 4.74 Å². The molecule has 0 aliphatic carbocycles. The summed E-state index contributed by atoms with van der Waals surface area (Å²) in [6.45, 7) is 3.48. The van der Waals surface area contributed by atoms with Gasteiger partial charge in [0, 0.05) is 13.7 Å². The second kappa shape index (κ2) is 7.17. The van der Waals surface area contributed by atoms with Crippen molar-refractivity contribution in [1.29, 1.82) is 0 Å². The molecule has 0 amide bonds. The topological polar surface area (TPSA) is 67.4 Å². The van der Waals surface area contributed by atoms with Crippen molar-refractivity contribution in [3.05, 3.63) is 0 Å². The molecule has 0 aliphatic heterocycles. The molecule has 0 spiro atoms. The molecule has 0 aromatic heterocycles. The van der Waals surface area contributed by atoms with E-state index >= 15 is 0 Å². The van der Waals surface area contributed by atoms with E-state index in [1.54, 1.807) is 0 Å². The first kappa shape index (κ1) is 13.8. The van der Waals surface area contributed by atoms with Gasteiger partial charge in [-0.05, 0) is 19.5 Å². The zero-order chi connectivity index (χ0) is 11.0. The third kappa shape index (κ3) is 7.25. The summed E-state index contributed by atoms with van der Waals surface area (Å²) in [5.41, 5.74) is 0. The van der Waals surface area contributed by atoms with Crippen molar-refractivity contribution in [2.45, 2.75) is 6.92 Å². The molecule has 0 heterocycles. The number of hydrogen-bond acceptors (Lipinski definition) is 4. The summed E-state index contributed by atoms with van der Waals surface area (Å²) in [4.78, 5) is 0. The summed E-state index contributed by atoms with van der Waals surface area (Å²) in [6.07, 6.45) is 0. The van der Waals surface area contributed by atoms with E-state index in [0.29, 0.717) is 6.54 Å². The lowest BCUT2D eigenvalue weighted by molar-refractivity contribution is 0.217. The van der Waals surface area contributed by atoms with Crippen LogP contribution in [0.25, 0.3) is 0 Å². The minimum atomic E-state index is -3.16. The number of nitrogens with one attached hydrogen (secondary N) is 2. The second-order valence-corrected chi connectivity index (χ2v) is 5.25. The fraction of sp³-hybridized carbons (Fsp3) is 1.00. The molecule has 1 unspecified atom stereocenters. The van der Waals surface area contributed by atoms with Crippen LogP contribution in [0.4, 0.5) is 0 Å². The van der Waals surface area contributed by atoms with E-state index < -0.39 is 10.0 Å². The van der Waals surface area contributed by atoms with Gasteiger partial charge in [-0.25, -0.2) is 13.1 Å². The van der Waals surface area contributed by atoms with E-state index in [1.807, 2.05) is 14.0 Å². The Balaban J connectivity index is 3.75. The smallest absolute Gasteiger partial charge is 0.213 e. The third-order valence-corrected chi connectivity index (χ3v) is 3.07. The largest absolute Gasteiger partial charge is 0.384 e. The van der Waals surface area contributed by atoms with Crippen LogP contribution in [-0.2, 0) is 14.8 Å². The monoisotopic (exact) mass is 224 g/mol. The van der Waals surface area contributed by atoms with Crippen LogP contribution in [0.1, 0.15) is 6.92 Å². The minimum Gasteiger partial charge on any atom is -0.384 e. The molecule has 0 aromatic rings. The van der Waals surface area contributed by atoms with Crippen molar-refractivity contribution in [3.63, 3.8) is 0 Å². The van der Waals surface area contributed by atoms with Gasteiger partial charge in [0.1, 0.15) is 0 Å². The van der Waals surface area contributed by atoms with Gasteiger partial charge < -0.3 is 10.1 Å². The molecule has 1 atom stereocenters. The fourth-order valence-electron chi connectivity index (χ4n) is 0.955. The van der Waals surface area contributed by atoms with Gasteiger partial charge in [-0.15, -0.1) is 0 Å². The highest BCUT2D eigenvalue weighted by molar-refractivity contribution is 7.89. The van der Waals surface area contributed by atoms with Crippen LogP contribution in [0.2, 0.25) is 0 Å². The van der Waals surface area contributed by atoms with Gasteiger partial charge in [-0.1, -0.05) is 6.92 Å². The Bertz CT molecular complexity index is 229. The van der Waals surface area contributed by atoms with Crippen molar-refractivity contribution < 1.29 is 13.2 Å². The number of sulfonamides is 1. The lowest BCUT2D eigenvalue weighted by Crippen LogP contribution is -2.34. The molecule has 0 aromatic carbocycles. The van der Waals surface area contributed by atoms with Crippen LogP contribution in [-0.4, -0.2) is 48.0 Å². The molecule has 0 radical (unpaired) electrons. The summed E-state index contributed by atoms with van der Waals surface area (Å²) in [7, 11) is 0.169. The summed E-state index contributed by atoms with van der Waals surface area (Å²) in [5.74, 6) is 0.313. The molecule has 5 nitrogen and oxygen atoms in total. The first-order valence-corrected chi connectivity index (χ1v) is 6.28. The Labute approximate surface area is 86.3 Å². The third-order valence-electron chi connectivity index (χ3n) is 1.76. The highest BCUT2D eigenvalue weighted by Gasteiger charge is 2.10. The number of hydrogen-bond donors (Lipinski definition) is 2. The lowest BCUT2D eigenvalue weighted by Gasteiger charge is -2.11. The molecule has 6 heteroatoms. The van der Waals surface area contributed by atoms with Crippen LogP contribution in [0.5, 0.6) is 0 Å². The van der Waals surface area contributed by atoms with Gasteiger partial charge in [0.2, 0.25) is 10.0 Å². The zero-order valence-electron chi connectivity index (χ0n) is 9.04. The molecular formula is C8H20N2O3S. The van der Waals surface area contributed by atoms with Crippen LogP contribution >= 0.6 is 0 Å². The molecule has 0 fully saturated rings. The number of methoxy groups -OCH3 is 1. The summed E-state index contributed by atoms with van der Waals surface area (Å²) in [6, 6.07) is 0. The summed E-state index contributed by atoms with van der Waals surface area (Å²) >= 11 is 0. The quantitative estimate of drug-likeness (QED) is 0.578. The maximum Gasteiger partial charge on any atom is 0.213 e. The predicted molar refractivity (Wildman–Crippen MR) is 56.8 cm³/mol. The lowest BCUT2D eigenvalue weighted by atomic mass is 10.2. The summed E-state index contributed by atoms with van der Waals surface area (Å²) in [5, 5.41) is 2.99. The molecule has 0 aliphatic rings. The normalized spacial score (nSPS) is 14.2. The molecule has 14 heavy (non-hydrogen) atoms. The Morgan fingerprint density at radius 3 is 2.50 bits per heavy atom. The Kier molecular flexibility index (Phi) is 7.08. The van der Waals surface area contributed by atoms with Crippen molar-refractivity contribution in [2.24, 2.45) is 5.92 Å². The van der Waals surface area contributed by atoms with Crippen molar-refractivity contribution in [2.75, 3.05) is 39.6 Å². The van der Waals surface area contributed by atoms with Gasteiger partial charge in [0.05, 0.1) is 12.4 Å². The van der Waals surface area contributed by atoms with E-state index in [9.17, 15) is 8.42 Å².